The van der Waals surface area contributed by atoms with E-state index in [2.05, 4.69) is 9.97 Å². The minimum absolute atomic E-state index is 0.0332. The van der Waals surface area contributed by atoms with Gasteiger partial charge in [-0.25, -0.2) is 15.0 Å². The van der Waals surface area contributed by atoms with Crippen LogP contribution in [-0.4, -0.2) is 30.2 Å². The van der Waals surface area contributed by atoms with Crippen molar-refractivity contribution in [3.8, 4) is 17.1 Å². The van der Waals surface area contributed by atoms with E-state index in [4.69, 9.17) is 4.98 Å². The molecule has 2 aromatic heterocycles. The molecular formula is C23H15N5O3. The molecule has 0 N–H and O–H groups in total. The van der Waals surface area contributed by atoms with Gasteiger partial charge in [-0.3, -0.25) is 19.5 Å². The third-order valence-corrected chi connectivity index (χ3v) is 5.02. The number of carbonyl (C=O) groups excluding carboxylic acids is 1. The average molecular weight is 409 g/mol. The van der Waals surface area contributed by atoms with Crippen LogP contribution in [-0.2, 0) is 0 Å². The number of nitro benzene ring substituents is 1. The van der Waals surface area contributed by atoms with Gasteiger partial charge in [0, 0.05) is 28.9 Å². The first-order valence-electron chi connectivity index (χ1n) is 9.53. The number of benzene rings is 3. The van der Waals surface area contributed by atoms with Gasteiger partial charge in [-0.15, -0.1) is 0 Å². The third kappa shape index (κ3) is 3.20. The van der Waals surface area contributed by atoms with Gasteiger partial charge < -0.3 is 0 Å². The molecule has 0 radical (unpaired) electrons. The lowest BCUT2D eigenvalue weighted by Crippen LogP contribution is -2.01. The van der Waals surface area contributed by atoms with Gasteiger partial charge in [0.1, 0.15) is 5.82 Å². The summed E-state index contributed by atoms with van der Waals surface area (Å²) < 4.78 is 1.80. The average Bonchev–Trinajstić information content (AvgIpc) is 3.16. The molecule has 8 nitrogen and oxygen atoms in total. The zero-order chi connectivity index (χ0) is 21.5. The number of hydrogen-bond donors (Lipinski definition) is 0. The Bertz CT molecular complexity index is 1490. The monoisotopic (exact) mass is 409 g/mol. The molecule has 0 saturated heterocycles. The molecule has 0 fully saturated rings. The fourth-order valence-electron chi connectivity index (χ4n) is 3.50. The van der Waals surface area contributed by atoms with Gasteiger partial charge in [0.2, 0.25) is 0 Å². The van der Waals surface area contributed by atoms with Crippen LogP contribution < -0.4 is 0 Å². The summed E-state index contributed by atoms with van der Waals surface area (Å²) in [7, 11) is 0. The highest BCUT2D eigenvalue weighted by Gasteiger charge is 2.19. The molecule has 0 amide bonds. The number of non-ortho nitro benzene ring substituents is 1. The second kappa shape index (κ2) is 7.10. The second-order valence-corrected chi connectivity index (χ2v) is 7.04. The van der Waals surface area contributed by atoms with Crippen molar-refractivity contribution < 1.29 is 9.72 Å². The van der Waals surface area contributed by atoms with E-state index in [1.165, 1.54) is 19.1 Å². The van der Waals surface area contributed by atoms with Crippen LogP contribution in [0.5, 0.6) is 0 Å². The number of aromatic nitrogens is 4. The molecule has 0 atom stereocenters. The second-order valence-electron chi connectivity index (χ2n) is 7.04. The normalized spacial score (nSPS) is 11.1. The molecular weight excluding hydrogens is 394 g/mol. The summed E-state index contributed by atoms with van der Waals surface area (Å²) in [5, 5.41) is 11.3. The van der Waals surface area contributed by atoms with Gasteiger partial charge >= 0.3 is 0 Å². The van der Waals surface area contributed by atoms with E-state index in [9.17, 15) is 14.9 Å². The molecule has 31 heavy (non-hydrogen) atoms. The summed E-state index contributed by atoms with van der Waals surface area (Å²) in [4.78, 5) is 36.6. The van der Waals surface area contributed by atoms with Gasteiger partial charge in [-0.05, 0) is 43.3 Å². The number of rotatable bonds is 4. The van der Waals surface area contributed by atoms with Gasteiger partial charge in [0.05, 0.1) is 16.0 Å². The molecule has 0 aliphatic carbocycles. The van der Waals surface area contributed by atoms with Crippen LogP contribution in [0.2, 0.25) is 0 Å². The zero-order valence-corrected chi connectivity index (χ0v) is 16.4. The standard InChI is InChI=1S/C23H15N5O3/c1-14(29)15-9-11-17(12-10-15)27-22(16-5-4-6-18(13-16)28(30)31)26-21-23(27)25-20-8-3-2-7-19(20)24-21/h2-13H,1H3. The van der Waals surface area contributed by atoms with Gasteiger partial charge in [-0.2, -0.15) is 0 Å². The van der Waals surface area contributed by atoms with Gasteiger partial charge in [0.25, 0.3) is 5.69 Å². The predicted octanol–water partition coefficient (Wildman–Crippen LogP) is 4.75. The minimum Gasteiger partial charge on any atom is -0.295 e. The Morgan fingerprint density at radius 2 is 1.61 bits per heavy atom. The molecule has 8 heteroatoms. The van der Waals surface area contributed by atoms with Crippen LogP contribution in [0.1, 0.15) is 17.3 Å². The van der Waals surface area contributed by atoms with Crippen molar-refractivity contribution in [3.63, 3.8) is 0 Å². The molecule has 5 rings (SSSR count). The Morgan fingerprint density at radius 3 is 2.29 bits per heavy atom. The smallest absolute Gasteiger partial charge is 0.270 e. The lowest BCUT2D eigenvalue weighted by Gasteiger charge is -2.09. The lowest BCUT2D eigenvalue weighted by molar-refractivity contribution is -0.384. The summed E-state index contributed by atoms with van der Waals surface area (Å²) >= 11 is 0. The van der Waals surface area contributed by atoms with Gasteiger partial charge in [-0.1, -0.05) is 24.3 Å². The molecule has 0 bridgehead atoms. The number of carbonyl (C=O) groups is 1. The summed E-state index contributed by atoms with van der Waals surface area (Å²) in [5.41, 5.74) is 4.20. The van der Waals surface area contributed by atoms with Crippen molar-refractivity contribution in [2.75, 3.05) is 0 Å². The van der Waals surface area contributed by atoms with Crippen molar-refractivity contribution in [1.29, 1.82) is 0 Å². The Labute approximate surface area is 176 Å². The maximum absolute atomic E-state index is 11.7. The van der Waals surface area contributed by atoms with E-state index < -0.39 is 4.92 Å². The summed E-state index contributed by atoms with van der Waals surface area (Å²) in [5.74, 6) is 0.441. The number of imidazole rings is 1. The van der Waals surface area contributed by atoms with E-state index >= 15 is 0 Å². The molecule has 0 saturated carbocycles. The Kier molecular flexibility index (Phi) is 4.25. The van der Waals surface area contributed by atoms with Crippen molar-refractivity contribution in [1.82, 2.24) is 19.5 Å². The van der Waals surface area contributed by atoms with Crippen LogP contribution in [0.25, 0.3) is 39.4 Å². The van der Waals surface area contributed by atoms with Crippen LogP contribution in [0, 0.1) is 10.1 Å². The maximum atomic E-state index is 11.7. The lowest BCUT2D eigenvalue weighted by atomic mass is 10.1. The number of nitrogens with zero attached hydrogens (tertiary/aromatic N) is 5. The SMILES string of the molecule is CC(=O)c1ccc(-n2c(-c3cccc([N+](=O)[O-])c3)nc3nc4ccccc4nc32)cc1. The van der Waals surface area contributed by atoms with Crippen LogP contribution in [0.15, 0.2) is 72.8 Å². The molecule has 150 valence electrons. The minimum atomic E-state index is -0.442. The molecule has 5 aromatic rings. The molecule has 3 aromatic carbocycles. The largest absolute Gasteiger partial charge is 0.295 e. The fraction of sp³-hybridized carbons (Fsp3) is 0.0435. The summed E-state index contributed by atoms with van der Waals surface area (Å²) in [6.07, 6.45) is 0. The van der Waals surface area contributed by atoms with Crippen molar-refractivity contribution >= 4 is 33.8 Å². The van der Waals surface area contributed by atoms with E-state index in [-0.39, 0.29) is 11.5 Å². The summed E-state index contributed by atoms with van der Waals surface area (Å²) in [6.45, 7) is 1.51. The number of nitro groups is 1. The molecule has 0 spiro atoms. The fourth-order valence-corrected chi connectivity index (χ4v) is 3.50. The van der Waals surface area contributed by atoms with E-state index in [0.717, 1.165) is 5.69 Å². The Morgan fingerprint density at radius 1 is 0.903 bits per heavy atom. The molecule has 2 heterocycles. The predicted molar refractivity (Wildman–Crippen MR) is 116 cm³/mol. The maximum Gasteiger partial charge on any atom is 0.270 e. The Balaban J connectivity index is 1.82. The molecule has 0 aliphatic heterocycles. The van der Waals surface area contributed by atoms with Gasteiger partial charge in [0.15, 0.2) is 17.1 Å². The number of Topliss-reactive ketones (excluding diaryl/α,β-unsaturated/α-hetero) is 1. The number of hydrogen-bond acceptors (Lipinski definition) is 6. The Hall–Kier alpha value is -4.46. The first-order chi connectivity index (χ1) is 15.0. The van der Waals surface area contributed by atoms with Crippen molar-refractivity contribution in [3.05, 3.63) is 88.5 Å². The molecule has 0 unspecified atom stereocenters. The highest BCUT2D eigenvalue weighted by atomic mass is 16.6. The van der Waals surface area contributed by atoms with Crippen LogP contribution in [0.4, 0.5) is 5.69 Å². The van der Waals surface area contributed by atoms with Crippen molar-refractivity contribution in [2.24, 2.45) is 0 Å². The van der Waals surface area contributed by atoms with E-state index in [1.807, 2.05) is 24.3 Å². The number of ketones is 1. The van der Waals surface area contributed by atoms with E-state index in [0.29, 0.717) is 39.3 Å². The first-order valence-corrected chi connectivity index (χ1v) is 9.53. The van der Waals surface area contributed by atoms with E-state index in [1.54, 1.807) is 41.0 Å². The summed E-state index contributed by atoms with van der Waals surface area (Å²) in [6, 6.07) is 20.8. The van der Waals surface area contributed by atoms with Crippen LogP contribution in [0.3, 0.4) is 0 Å². The van der Waals surface area contributed by atoms with Crippen LogP contribution >= 0.6 is 0 Å². The first kappa shape index (κ1) is 18.6. The highest BCUT2D eigenvalue weighted by Crippen LogP contribution is 2.30. The zero-order valence-electron chi connectivity index (χ0n) is 16.4. The number of para-hydroxylation sites is 2. The third-order valence-electron chi connectivity index (χ3n) is 5.02. The highest BCUT2D eigenvalue weighted by molar-refractivity contribution is 5.94. The van der Waals surface area contributed by atoms with Crippen molar-refractivity contribution in [2.45, 2.75) is 6.92 Å². The quantitative estimate of drug-likeness (QED) is 0.241. The topological polar surface area (TPSA) is 104 Å². The number of fused-ring (bicyclic) bond motifs is 2. The molecule has 0 aliphatic rings.